The molecule has 3 nitrogen and oxygen atoms in total. The number of ether oxygens (including phenoxy) is 1. The number of nitrogen functional groups attached to an aromatic ring is 1. The van der Waals surface area contributed by atoms with E-state index in [2.05, 4.69) is 34.8 Å². The van der Waals surface area contributed by atoms with Crippen molar-refractivity contribution in [3.05, 3.63) is 22.7 Å². The van der Waals surface area contributed by atoms with Crippen molar-refractivity contribution in [3.63, 3.8) is 0 Å². The van der Waals surface area contributed by atoms with Gasteiger partial charge in [0.05, 0.1) is 11.4 Å². The maximum absolute atomic E-state index is 5.99. The molecule has 16 heavy (non-hydrogen) atoms. The smallest absolute Gasteiger partial charge is 0.0600 e. The van der Waals surface area contributed by atoms with Crippen molar-refractivity contribution in [3.8, 4) is 0 Å². The highest BCUT2D eigenvalue weighted by atomic mass is 79.9. The monoisotopic (exact) mass is 286 g/mol. The van der Waals surface area contributed by atoms with E-state index in [1.54, 1.807) is 7.11 Å². The Morgan fingerprint density at radius 3 is 2.75 bits per heavy atom. The molecule has 1 unspecified atom stereocenters. The van der Waals surface area contributed by atoms with Crippen molar-refractivity contribution in [2.75, 3.05) is 31.4 Å². The van der Waals surface area contributed by atoms with Crippen molar-refractivity contribution < 1.29 is 4.74 Å². The predicted octanol–water partition coefficient (Wildman–Crippen LogP) is 2.89. The van der Waals surface area contributed by atoms with Crippen LogP contribution in [0.5, 0.6) is 0 Å². The number of benzene rings is 1. The largest absolute Gasteiger partial charge is 0.397 e. The molecule has 2 N–H and O–H groups in total. The Balaban J connectivity index is 2.75. The normalized spacial score (nSPS) is 12.5. The number of halogens is 1. The molecule has 0 amide bonds. The zero-order valence-electron chi connectivity index (χ0n) is 10.0. The van der Waals surface area contributed by atoms with E-state index in [0.717, 1.165) is 28.9 Å². The molecule has 0 aromatic heterocycles. The highest BCUT2D eigenvalue weighted by Gasteiger charge is 2.12. The molecule has 0 spiro atoms. The van der Waals surface area contributed by atoms with Gasteiger partial charge < -0.3 is 15.4 Å². The summed E-state index contributed by atoms with van der Waals surface area (Å²) in [6.07, 6.45) is 0.989. The Kier molecular flexibility index (Phi) is 5.09. The molecule has 90 valence electrons. The van der Waals surface area contributed by atoms with Gasteiger partial charge in [-0.25, -0.2) is 0 Å². The van der Waals surface area contributed by atoms with Crippen LogP contribution in [-0.2, 0) is 4.74 Å². The molecular formula is C12H19BrN2O. The first-order valence-corrected chi connectivity index (χ1v) is 6.12. The standard InChI is InChI=1S/C12H19BrN2O/c1-9(6-7-16-3)15(2)12-5-4-10(13)8-11(12)14/h4-5,8-9H,6-7,14H2,1-3H3. The highest BCUT2D eigenvalue weighted by molar-refractivity contribution is 9.10. The second-order valence-electron chi connectivity index (χ2n) is 3.94. The molecule has 0 fully saturated rings. The molecule has 0 aliphatic rings. The van der Waals surface area contributed by atoms with E-state index in [1.165, 1.54) is 0 Å². The number of hydrogen-bond donors (Lipinski definition) is 1. The van der Waals surface area contributed by atoms with E-state index < -0.39 is 0 Å². The van der Waals surface area contributed by atoms with E-state index in [0.29, 0.717) is 6.04 Å². The summed E-state index contributed by atoms with van der Waals surface area (Å²) >= 11 is 3.41. The number of rotatable bonds is 5. The van der Waals surface area contributed by atoms with E-state index in [9.17, 15) is 0 Å². The molecule has 0 bridgehead atoms. The van der Waals surface area contributed by atoms with Crippen molar-refractivity contribution in [1.82, 2.24) is 0 Å². The van der Waals surface area contributed by atoms with Crippen LogP contribution in [0.2, 0.25) is 0 Å². The van der Waals surface area contributed by atoms with E-state index in [1.807, 2.05) is 18.2 Å². The zero-order chi connectivity index (χ0) is 12.1. The molecule has 1 aromatic rings. The maximum Gasteiger partial charge on any atom is 0.0600 e. The second-order valence-corrected chi connectivity index (χ2v) is 4.86. The SMILES string of the molecule is COCCC(C)N(C)c1ccc(Br)cc1N. The summed E-state index contributed by atoms with van der Waals surface area (Å²) in [5, 5.41) is 0. The Hall–Kier alpha value is -0.740. The topological polar surface area (TPSA) is 38.5 Å². The first kappa shape index (κ1) is 13.3. The summed E-state index contributed by atoms with van der Waals surface area (Å²) in [5.74, 6) is 0. The fourth-order valence-corrected chi connectivity index (χ4v) is 1.94. The lowest BCUT2D eigenvalue weighted by molar-refractivity contribution is 0.189. The van der Waals surface area contributed by atoms with Gasteiger partial charge in [-0.3, -0.25) is 0 Å². The van der Waals surface area contributed by atoms with Crippen LogP contribution in [0, 0.1) is 0 Å². The Morgan fingerprint density at radius 2 is 2.19 bits per heavy atom. The molecule has 0 aliphatic heterocycles. The fraction of sp³-hybridized carbons (Fsp3) is 0.500. The van der Waals surface area contributed by atoms with Crippen LogP contribution in [-0.4, -0.2) is 26.8 Å². The maximum atomic E-state index is 5.99. The van der Waals surface area contributed by atoms with Crippen LogP contribution in [0.3, 0.4) is 0 Å². The number of nitrogens with two attached hydrogens (primary N) is 1. The molecule has 0 radical (unpaired) electrons. The Morgan fingerprint density at radius 1 is 1.50 bits per heavy atom. The summed E-state index contributed by atoms with van der Waals surface area (Å²) in [6.45, 7) is 2.93. The van der Waals surface area contributed by atoms with Gasteiger partial charge in [0.1, 0.15) is 0 Å². The molecule has 0 saturated heterocycles. The van der Waals surface area contributed by atoms with Gasteiger partial charge in [-0.1, -0.05) is 15.9 Å². The van der Waals surface area contributed by atoms with Gasteiger partial charge in [0.25, 0.3) is 0 Å². The molecule has 1 rings (SSSR count). The van der Waals surface area contributed by atoms with Crippen molar-refractivity contribution in [2.45, 2.75) is 19.4 Å². The van der Waals surface area contributed by atoms with Gasteiger partial charge in [-0.2, -0.15) is 0 Å². The minimum atomic E-state index is 0.406. The molecule has 0 aliphatic carbocycles. The summed E-state index contributed by atoms with van der Waals surface area (Å²) < 4.78 is 6.09. The van der Waals surface area contributed by atoms with Gasteiger partial charge in [-0.05, 0) is 31.5 Å². The van der Waals surface area contributed by atoms with Crippen LogP contribution < -0.4 is 10.6 Å². The van der Waals surface area contributed by atoms with Gasteiger partial charge in [0, 0.05) is 31.3 Å². The lowest BCUT2D eigenvalue weighted by atomic mass is 10.1. The Bertz CT molecular complexity index is 344. The van der Waals surface area contributed by atoms with Crippen LogP contribution in [0.4, 0.5) is 11.4 Å². The average Bonchev–Trinajstić information content (AvgIpc) is 2.25. The molecular weight excluding hydrogens is 268 g/mol. The number of methoxy groups -OCH3 is 1. The van der Waals surface area contributed by atoms with Crippen LogP contribution >= 0.6 is 15.9 Å². The lowest BCUT2D eigenvalue weighted by Gasteiger charge is -2.28. The summed E-state index contributed by atoms with van der Waals surface area (Å²) in [5.41, 5.74) is 7.84. The highest BCUT2D eigenvalue weighted by Crippen LogP contribution is 2.27. The van der Waals surface area contributed by atoms with Gasteiger partial charge >= 0.3 is 0 Å². The predicted molar refractivity (Wildman–Crippen MR) is 72.9 cm³/mol. The second kappa shape index (κ2) is 6.11. The average molecular weight is 287 g/mol. The van der Waals surface area contributed by atoms with E-state index in [4.69, 9.17) is 10.5 Å². The fourth-order valence-electron chi connectivity index (χ4n) is 1.57. The van der Waals surface area contributed by atoms with Crippen molar-refractivity contribution in [2.24, 2.45) is 0 Å². The van der Waals surface area contributed by atoms with E-state index >= 15 is 0 Å². The quantitative estimate of drug-likeness (QED) is 0.846. The Labute approximate surface area is 106 Å². The number of anilines is 2. The van der Waals surface area contributed by atoms with Crippen molar-refractivity contribution in [1.29, 1.82) is 0 Å². The minimum Gasteiger partial charge on any atom is -0.397 e. The summed E-state index contributed by atoms with van der Waals surface area (Å²) in [6, 6.07) is 6.37. The molecule has 0 saturated carbocycles. The van der Waals surface area contributed by atoms with E-state index in [-0.39, 0.29) is 0 Å². The third-order valence-corrected chi connectivity index (χ3v) is 3.26. The van der Waals surface area contributed by atoms with Gasteiger partial charge in [-0.15, -0.1) is 0 Å². The van der Waals surface area contributed by atoms with Gasteiger partial charge in [0.2, 0.25) is 0 Å². The number of nitrogens with zero attached hydrogens (tertiary/aromatic N) is 1. The van der Waals surface area contributed by atoms with Crippen LogP contribution in [0.15, 0.2) is 22.7 Å². The van der Waals surface area contributed by atoms with Crippen LogP contribution in [0.1, 0.15) is 13.3 Å². The first-order valence-electron chi connectivity index (χ1n) is 5.33. The minimum absolute atomic E-state index is 0.406. The third kappa shape index (κ3) is 3.39. The molecule has 4 heteroatoms. The zero-order valence-corrected chi connectivity index (χ0v) is 11.6. The molecule has 1 atom stereocenters. The molecule has 1 aromatic carbocycles. The van der Waals surface area contributed by atoms with Crippen LogP contribution in [0.25, 0.3) is 0 Å². The third-order valence-electron chi connectivity index (χ3n) is 2.77. The summed E-state index contributed by atoms with van der Waals surface area (Å²) in [4.78, 5) is 2.18. The first-order chi connectivity index (χ1) is 7.56. The van der Waals surface area contributed by atoms with Gasteiger partial charge in [0.15, 0.2) is 0 Å². The molecule has 0 heterocycles. The summed E-state index contributed by atoms with van der Waals surface area (Å²) in [7, 11) is 3.78. The lowest BCUT2D eigenvalue weighted by Crippen LogP contribution is -2.30. The van der Waals surface area contributed by atoms with Crippen molar-refractivity contribution >= 4 is 27.3 Å². The number of hydrogen-bond acceptors (Lipinski definition) is 3.